The lowest BCUT2D eigenvalue weighted by Crippen LogP contribution is -2.55. The second-order valence-corrected chi connectivity index (χ2v) is 6.33. The Labute approximate surface area is 148 Å². The van der Waals surface area contributed by atoms with Crippen LogP contribution < -0.4 is 16.2 Å². The van der Waals surface area contributed by atoms with E-state index in [1.165, 1.54) is 15.5 Å². The van der Waals surface area contributed by atoms with E-state index in [9.17, 15) is 19.2 Å². The number of hydrogen-bond acceptors (Lipinski definition) is 4. The molecule has 8 heteroatoms. The number of imide groups is 1. The first-order valence-corrected chi connectivity index (χ1v) is 8.21. The van der Waals surface area contributed by atoms with Crippen LogP contribution in [0.5, 0.6) is 0 Å². The highest BCUT2D eigenvalue weighted by Gasteiger charge is 2.63. The van der Waals surface area contributed by atoms with E-state index in [0.717, 1.165) is 4.90 Å². The van der Waals surface area contributed by atoms with Gasteiger partial charge in [0.25, 0.3) is 17.4 Å². The Morgan fingerprint density at radius 3 is 2.31 bits per heavy atom. The van der Waals surface area contributed by atoms with E-state index in [1.54, 1.807) is 42.6 Å². The number of primary amides is 1. The number of urea groups is 1. The molecule has 132 valence electrons. The number of nitrogens with two attached hydrogens (primary N) is 1. The molecule has 0 bridgehead atoms. The second-order valence-electron chi connectivity index (χ2n) is 6.33. The van der Waals surface area contributed by atoms with Crippen molar-refractivity contribution in [3.8, 4) is 5.69 Å². The molecule has 0 radical (unpaired) electrons. The summed E-state index contributed by atoms with van der Waals surface area (Å²) < 4.78 is 1.44. The third-order valence-corrected chi connectivity index (χ3v) is 4.98. The van der Waals surface area contributed by atoms with Gasteiger partial charge in [0.15, 0.2) is 0 Å². The summed E-state index contributed by atoms with van der Waals surface area (Å²) in [6.07, 6.45) is 2.42. The summed E-state index contributed by atoms with van der Waals surface area (Å²) in [5.74, 6) is -1.42. The number of benzene rings is 1. The first kappa shape index (κ1) is 16.1. The molecule has 2 aliphatic rings. The molecular weight excluding hydrogens is 336 g/mol. The summed E-state index contributed by atoms with van der Waals surface area (Å²) in [5, 5.41) is 0. The number of pyridine rings is 1. The molecule has 1 aromatic heterocycles. The van der Waals surface area contributed by atoms with Gasteiger partial charge in [-0.05, 0) is 43.2 Å². The molecule has 0 spiro atoms. The van der Waals surface area contributed by atoms with Gasteiger partial charge in [-0.1, -0.05) is 6.07 Å². The van der Waals surface area contributed by atoms with E-state index in [1.807, 2.05) is 0 Å². The lowest BCUT2D eigenvalue weighted by molar-refractivity contribution is -0.136. The normalized spacial score (nSPS) is 22.0. The number of nitrogens with zero attached hydrogens (tertiary/aromatic N) is 3. The fourth-order valence-corrected chi connectivity index (χ4v) is 3.68. The molecule has 2 aromatic rings. The number of aromatic nitrogens is 1. The van der Waals surface area contributed by atoms with Gasteiger partial charge in [-0.25, -0.2) is 9.69 Å². The zero-order chi connectivity index (χ0) is 18.5. The van der Waals surface area contributed by atoms with Crippen LogP contribution in [0, 0.1) is 0 Å². The maximum atomic E-state index is 12.9. The van der Waals surface area contributed by atoms with Crippen molar-refractivity contribution in [2.24, 2.45) is 5.73 Å². The molecule has 1 aromatic carbocycles. The lowest BCUT2D eigenvalue weighted by atomic mass is 9.95. The van der Waals surface area contributed by atoms with Gasteiger partial charge in [-0.2, -0.15) is 0 Å². The van der Waals surface area contributed by atoms with Crippen molar-refractivity contribution < 1.29 is 14.4 Å². The topological polar surface area (TPSA) is 106 Å². The quantitative estimate of drug-likeness (QED) is 0.646. The predicted octanol–water partition coefficient (Wildman–Crippen LogP) is 0.624. The molecule has 0 aliphatic carbocycles. The molecule has 2 fully saturated rings. The van der Waals surface area contributed by atoms with Gasteiger partial charge in [0, 0.05) is 24.5 Å². The Morgan fingerprint density at radius 1 is 1.00 bits per heavy atom. The van der Waals surface area contributed by atoms with E-state index in [0.29, 0.717) is 24.3 Å². The smallest absolute Gasteiger partial charge is 0.332 e. The van der Waals surface area contributed by atoms with Crippen molar-refractivity contribution in [3.63, 3.8) is 0 Å². The molecular formula is C18H16N4O4. The Hall–Kier alpha value is -3.42. The van der Waals surface area contributed by atoms with Crippen LogP contribution in [0.4, 0.5) is 10.5 Å². The minimum Gasteiger partial charge on any atom is -0.367 e. The van der Waals surface area contributed by atoms with Crippen LogP contribution in [0.15, 0.2) is 53.5 Å². The molecule has 2 N–H and O–H groups in total. The molecule has 3 heterocycles. The minimum atomic E-state index is -1.58. The Bertz CT molecular complexity index is 981. The summed E-state index contributed by atoms with van der Waals surface area (Å²) in [5.41, 5.74) is 4.63. The van der Waals surface area contributed by atoms with Crippen LogP contribution >= 0.6 is 0 Å². The van der Waals surface area contributed by atoms with Gasteiger partial charge in [-0.15, -0.1) is 0 Å². The van der Waals surface area contributed by atoms with Crippen molar-refractivity contribution in [1.29, 1.82) is 0 Å². The maximum Gasteiger partial charge on any atom is 0.332 e. The first-order valence-electron chi connectivity index (χ1n) is 8.21. The molecule has 1 atom stereocenters. The molecule has 0 saturated carbocycles. The van der Waals surface area contributed by atoms with Crippen molar-refractivity contribution >= 4 is 23.5 Å². The van der Waals surface area contributed by atoms with E-state index >= 15 is 0 Å². The lowest BCUT2D eigenvalue weighted by Gasteiger charge is -2.23. The first-order chi connectivity index (χ1) is 12.5. The Balaban J connectivity index is 1.72. The number of fused-ring (bicyclic) bond motifs is 1. The summed E-state index contributed by atoms with van der Waals surface area (Å²) in [6.45, 7) is 0.321. The fourth-order valence-electron chi connectivity index (χ4n) is 3.68. The van der Waals surface area contributed by atoms with Crippen molar-refractivity contribution in [1.82, 2.24) is 9.47 Å². The zero-order valence-electron chi connectivity index (χ0n) is 13.8. The average Bonchev–Trinajstić information content (AvgIpc) is 3.16. The molecule has 2 saturated heterocycles. The van der Waals surface area contributed by atoms with Crippen LogP contribution in [-0.2, 0) is 9.59 Å². The van der Waals surface area contributed by atoms with Gasteiger partial charge < -0.3 is 10.6 Å². The SMILES string of the molecule is NC(=O)[C@]12CCCN1C(=O)N(c1ccc(-n3ccccc3=O)cc1)C2=O. The highest BCUT2D eigenvalue weighted by Crippen LogP contribution is 2.39. The van der Waals surface area contributed by atoms with Gasteiger partial charge in [0.1, 0.15) is 0 Å². The predicted molar refractivity (Wildman–Crippen MR) is 92.8 cm³/mol. The molecule has 0 unspecified atom stereocenters. The van der Waals surface area contributed by atoms with Crippen LogP contribution in [0.3, 0.4) is 0 Å². The summed E-state index contributed by atoms with van der Waals surface area (Å²) >= 11 is 0. The van der Waals surface area contributed by atoms with E-state index in [2.05, 4.69) is 0 Å². The van der Waals surface area contributed by atoms with Crippen LogP contribution in [0.1, 0.15) is 12.8 Å². The maximum absolute atomic E-state index is 12.9. The third kappa shape index (κ3) is 2.01. The van der Waals surface area contributed by atoms with E-state index < -0.39 is 23.4 Å². The average molecular weight is 352 g/mol. The molecule has 8 nitrogen and oxygen atoms in total. The number of rotatable bonds is 3. The second kappa shape index (κ2) is 5.55. The minimum absolute atomic E-state index is 0.193. The number of amides is 4. The van der Waals surface area contributed by atoms with Crippen LogP contribution in [0.25, 0.3) is 5.69 Å². The van der Waals surface area contributed by atoms with Gasteiger partial charge >= 0.3 is 6.03 Å². The number of anilines is 1. The molecule has 4 rings (SSSR count). The molecule has 2 aliphatic heterocycles. The Kier molecular flexibility index (Phi) is 3.43. The van der Waals surface area contributed by atoms with Crippen molar-refractivity contribution in [3.05, 3.63) is 59.0 Å². The highest BCUT2D eigenvalue weighted by molar-refractivity contribution is 6.31. The largest absolute Gasteiger partial charge is 0.367 e. The van der Waals surface area contributed by atoms with Gasteiger partial charge in [0.05, 0.1) is 5.69 Å². The van der Waals surface area contributed by atoms with Crippen molar-refractivity contribution in [2.45, 2.75) is 18.4 Å². The molecule has 4 amide bonds. The van der Waals surface area contributed by atoms with Gasteiger partial charge in [-0.3, -0.25) is 19.0 Å². The summed E-state index contributed by atoms with van der Waals surface area (Å²) in [7, 11) is 0. The Morgan fingerprint density at radius 2 is 1.69 bits per heavy atom. The van der Waals surface area contributed by atoms with E-state index in [4.69, 9.17) is 5.73 Å². The summed E-state index contributed by atoms with van der Waals surface area (Å²) in [4.78, 5) is 51.7. The summed E-state index contributed by atoms with van der Waals surface area (Å²) in [6, 6.07) is 10.7. The number of carbonyl (C=O) groups is 3. The van der Waals surface area contributed by atoms with Crippen molar-refractivity contribution in [2.75, 3.05) is 11.4 Å². The zero-order valence-corrected chi connectivity index (χ0v) is 13.8. The standard InChI is InChI=1S/C18H16N4O4/c19-15(24)18-9-3-11-21(18)17(26)22(16(18)25)13-7-5-12(6-8-13)20-10-2-1-4-14(20)23/h1-2,4-8,10H,3,9,11H2,(H2,19,24)/t18-/m0/s1. The number of carbonyl (C=O) groups excluding carboxylic acids is 3. The molecule has 26 heavy (non-hydrogen) atoms. The highest BCUT2D eigenvalue weighted by atomic mass is 16.2. The third-order valence-electron chi connectivity index (χ3n) is 4.98. The van der Waals surface area contributed by atoms with Crippen LogP contribution in [-0.4, -0.2) is 39.4 Å². The van der Waals surface area contributed by atoms with Crippen LogP contribution in [0.2, 0.25) is 0 Å². The fraction of sp³-hybridized carbons (Fsp3) is 0.222. The monoisotopic (exact) mass is 352 g/mol. The van der Waals surface area contributed by atoms with Gasteiger partial charge in [0.2, 0.25) is 5.54 Å². The van der Waals surface area contributed by atoms with E-state index in [-0.39, 0.29) is 12.0 Å². The number of hydrogen-bond donors (Lipinski definition) is 1.